The predicted octanol–water partition coefficient (Wildman–Crippen LogP) is 4.43. The van der Waals surface area contributed by atoms with Gasteiger partial charge in [0.05, 0.1) is 0 Å². The van der Waals surface area contributed by atoms with Crippen molar-refractivity contribution in [2.24, 2.45) is 4.99 Å². The summed E-state index contributed by atoms with van der Waals surface area (Å²) in [4.78, 5) is 19.7. The van der Waals surface area contributed by atoms with Crippen LogP contribution in [-0.2, 0) is 4.79 Å². The van der Waals surface area contributed by atoms with Crippen LogP contribution in [0.2, 0.25) is 5.02 Å². The van der Waals surface area contributed by atoms with Crippen LogP contribution in [0.4, 0.5) is 5.69 Å². The van der Waals surface area contributed by atoms with E-state index in [1.165, 1.54) is 5.56 Å². The number of ether oxygens (including phenoxy) is 1. The molecule has 1 amide bonds. The molecule has 0 aromatic heterocycles. The standard InChI is InChI=1S/C24H19ClN2O2Se/c1-16-7-13-20(14-8-16)30-24-26-22(15-17-5-3-4-6-21(17)25)23(28)27(24)18-9-11-19(29-2)12-10-18/h3-15H,1-2H3/b22-15-. The third-order valence-electron chi connectivity index (χ3n) is 4.59. The summed E-state index contributed by atoms with van der Waals surface area (Å²) in [5.74, 6) is 0.573. The molecule has 0 spiro atoms. The van der Waals surface area contributed by atoms with Gasteiger partial charge < -0.3 is 0 Å². The number of hydrogen-bond donors (Lipinski definition) is 0. The molecule has 0 radical (unpaired) electrons. The first-order chi connectivity index (χ1) is 14.5. The van der Waals surface area contributed by atoms with Crippen molar-refractivity contribution in [3.05, 3.63) is 94.6 Å². The van der Waals surface area contributed by atoms with Crippen molar-refractivity contribution in [3.8, 4) is 5.75 Å². The van der Waals surface area contributed by atoms with Gasteiger partial charge in [-0.25, -0.2) is 0 Å². The number of methoxy groups -OCH3 is 1. The Hall–Kier alpha value is -2.85. The van der Waals surface area contributed by atoms with E-state index in [2.05, 4.69) is 31.2 Å². The topological polar surface area (TPSA) is 41.9 Å². The monoisotopic (exact) mass is 482 g/mol. The zero-order valence-electron chi connectivity index (χ0n) is 16.5. The van der Waals surface area contributed by atoms with Crippen molar-refractivity contribution >= 4 is 53.4 Å². The minimum absolute atomic E-state index is 0.140. The quantitative estimate of drug-likeness (QED) is 0.400. The van der Waals surface area contributed by atoms with Gasteiger partial charge in [0.15, 0.2) is 0 Å². The molecule has 3 aromatic carbocycles. The maximum absolute atomic E-state index is 13.3. The van der Waals surface area contributed by atoms with Gasteiger partial charge in [0.25, 0.3) is 0 Å². The molecule has 0 atom stereocenters. The number of halogens is 1. The Kier molecular flexibility index (Phi) is 6.05. The number of aryl methyl sites for hydroxylation is 1. The number of aliphatic imine (C=N–C) groups is 1. The van der Waals surface area contributed by atoms with Gasteiger partial charge in [-0.2, -0.15) is 0 Å². The Bertz CT molecular complexity index is 1140. The average Bonchev–Trinajstić information content (AvgIpc) is 3.06. The van der Waals surface area contributed by atoms with Gasteiger partial charge in [0.2, 0.25) is 0 Å². The molecule has 30 heavy (non-hydrogen) atoms. The van der Waals surface area contributed by atoms with Gasteiger partial charge in [-0.1, -0.05) is 0 Å². The fraction of sp³-hybridized carbons (Fsp3) is 0.0833. The molecule has 0 fully saturated rings. The Morgan fingerprint density at radius 3 is 2.37 bits per heavy atom. The molecule has 0 aliphatic carbocycles. The fourth-order valence-corrected chi connectivity index (χ4v) is 5.07. The normalized spacial score (nSPS) is 14.9. The van der Waals surface area contributed by atoms with Crippen LogP contribution in [0, 0.1) is 6.92 Å². The van der Waals surface area contributed by atoms with Crippen molar-refractivity contribution < 1.29 is 9.53 Å². The number of carbonyl (C=O) groups excluding carboxylic acids is 1. The first kappa shape index (κ1) is 20.4. The van der Waals surface area contributed by atoms with Gasteiger partial charge >= 0.3 is 187 Å². The first-order valence-corrected chi connectivity index (χ1v) is 11.4. The van der Waals surface area contributed by atoms with Crippen LogP contribution in [-0.4, -0.2) is 32.7 Å². The summed E-state index contributed by atoms with van der Waals surface area (Å²) in [5.41, 5.74) is 3.11. The summed E-state index contributed by atoms with van der Waals surface area (Å²) in [6.07, 6.45) is 1.75. The molecule has 0 bridgehead atoms. The zero-order chi connectivity index (χ0) is 21.1. The van der Waals surface area contributed by atoms with Crippen molar-refractivity contribution in [3.63, 3.8) is 0 Å². The van der Waals surface area contributed by atoms with E-state index >= 15 is 0 Å². The van der Waals surface area contributed by atoms with Crippen LogP contribution in [0.5, 0.6) is 5.75 Å². The Labute approximate surface area is 187 Å². The molecule has 6 heteroatoms. The number of amidine groups is 1. The third kappa shape index (κ3) is 4.34. The SMILES string of the molecule is COc1ccc(N2C(=O)/C(=C/c3ccccc3Cl)N=C2[Se]c2ccc(C)cc2)cc1. The average molecular weight is 482 g/mol. The number of amides is 1. The van der Waals surface area contributed by atoms with Crippen molar-refractivity contribution in [1.29, 1.82) is 0 Å². The van der Waals surface area contributed by atoms with Crippen LogP contribution in [0.3, 0.4) is 0 Å². The van der Waals surface area contributed by atoms with Gasteiger partial charge in [0, 0.05) is 0 Å². The van der Waals surface area contributed by atoms with Gasteiger partial charge in [0.1, 0.15) is 0 Å². The second-order valence-corrected chi connectivity index (χ2v) is 9.29. The van der Waals surface area contributed by atoms with Gasteiger partial charge in [-0.15, -0.1) is 0 Å². The summed E-state index contributed by atoms with van der Waals surface area (Å²) in [6, 6.07) is 23.2. The second-order valence-electron chi connectivity index (χ2n) is 6.70. The number of carbonyl (C=O) groups is 1. The van der Waals surface area contributed by atoms with Crippen molar-refractivity contribution in [2.45, 2.75) is 6.92 Å². The maximum atomic E-state index is 13.3. The van der Waals surface area contributed by atoms with E-state index in [0.717, 1.165) is 26.2 Å². The first-order valence-electron chi connectivity index (χ1n) is 9.33. The summed E-state index contributed by atoms with van der Waals surface area (Å²) >= 11 is 6.15. The van der Waals surface area contributed by atoms with E-state index in [1.807, 2.05) is 42.5 Å². The molecule has 4 nitrogen and oxygen atoms in total. The number of anilines is 1. The van der Waals surface area contributed by atoms with E-state index in [4.69, 9.17) is 21.3 Å². The summed E-state index contributed by atoms with van der Waals surface area (Å²) in [6.45, 7) is 2.06. The molecule has 0 saturated heterocycles. The van der Waals surface area contributed by atoms with Crippen LogP contribution < -0.4 is 14.1 Å². The molecule has 0 saturated carbocycles. The molecule has 1 aliphatic heterocycles. The molecule has 0 N–H and O–H groups in total. The molecule has 1 heterocycles. The molecular formula is C24H19ClN2O2Se. The van der Waals surface area contributed by atoms with Gasteiger partial charge in [-0.05, 0) is 0 Å². The Morgan fingerprint density at radius 1 is 1.00 bits per heavy atom. The molecule has 150 valence electrons. The predicted molar refractivity (Wildman–Crippen MR) is 124 cm³/mol. The molecule has 0 unspecified atom stereocenters. The Balaban J connectivity index is 1.74. The van der Waals surface area contributed by atoms with E-state index in [9.17, 15) is 4.79 Å². The third-order valence-corrected chi connectivity index (χ3v) is 6.96. The number of rotatable bonds is 5. The van der Waals surface area contributed by atoms with E-state index in [1.54, 1.807) is 24.2 Å². The van der Waals surface area contributed by atoms with E-state index in [0.29, 0.717) is 10.7 Å². The zero-order valence-corrected chi connectivity index (χ0v) is 19.0. The van der Waals surface area contributed by atoms with Gasteiger partial charge in [-0.3, -0.25) is 0 Å². The number of benzene rings is 3. The summed E-state index contributed by atoms with van der Waals surface area (Å²) in [5, 5.41) is 0.585. The van der Waals surface area contributed by atoms with E-state index < -0.39 is 0 Å². The van der Waals surface area contributed by atoms with Crippen LogP contribution >= 0.6 is 11.6 Å². The second kappa shape index (κ2) is 8.88. The molecule has 4 rings (SSSR count). The molecule has 3 aromatic rings. The molecule has 1 aliphatic rings. The fourth-order valence-electron chi connectivity index (χ4n) is 2.97. The minimum atomic E-state index is -0.163. The summed E-state index contributed by atoms with van der Waals surface area (Å²) in [7, 11) is 1.62. The molecular weight excluding hydrogens is 463 g/mol. The van der Waals surface area contributed by atoms with Crippen LogP contribution in [0.15, 0.2) is 83.5 Å². The van der Waals surface area contributed by atoms with Crippen LogP contribution in [0.25, 0.3) is 6.08 Å². The number of nitrogens with zero attached hydrogens (tertiary/aromatic N) is 2. The van der Waals surface area contributed by atoms with E-state index in [-0.39, 0.29) is 20.9 Å². The van der Waals surface area contributed by atoms with Crippen molar-refractivity contribution in [1.82, 2.24) is 0 Å². The van der Waals surface area contributed by atoms with Crippen molar-refractivity contribution in [2.75, 3.05) is 12.0 Å². The summed E-state index contributed by atoms with van der Waals surface area (Å²) < 4.78 is 7.14. The number of hydrogen-bond acceptors (Lipinski definition) is 3. The Morgan fingerprint density at radius 2 is 1.70 bits per heavy atom. The van der Waals surface area contributed by atoms with Crippen LogP contribution in [0.1, 0.15) is 11.1 Å².